The molecule has 0 fully saturated rings. The van der Waals surface area contributed by atoms with Crippen LogP contribution in [0.3, 0.4) is 0 Å². The van der Waals surface area contributed by atoms with Crippen molar-refractivity contribution in [1.29, 1.82) is 0 Å². The summed E-state index contributed by atoms with van der Waals surface area (Å²) < 4.78 is 0. The van der Waals surface area contributed by atoms with Gasteiger partial charge >= 0.3 is 0 Å². The van der Waals surface area contributed by atoms with Crippen molar-refractivity contribution in [3.8, 4) is 0 Å². The van der Waals surface area contributed by atoms with Crippen LogP contribution < -0.4 is 0 Å². The van der Waals surface area contributed by atoms with Gasteiger partial charge in [0, 0.05) is 11.5 Å². The Morgan fingerprint density at radius 2 is 1.88 bits per heavy atom. The number of carbonyl (C=O) groups is 1. The maximum absolute atomic E-state index is 12.7. The highest BCUT2D eigenvalue weighted by Gasteiger charge is 2.39. The van der Waals surface area contributed by atoms with E-state index in [1.807, 2.05) is 6.08 Å². The first-order chi connectivity index (χ1) is 8.11. The number of carbonyl (C=O) groups excluding carboxylic acids is 1. The average molecular weight is 270 g/mol. The Balaban J connectivity index is 3.00. The molecule has 0 aromatic heterocycles. The molecule has 0 saturated carbocycles. The summed E-state index contributed by atoms with van der Waals surface area (Å²) in [4.78, 5) is 12.7. The van der Waals surface area contributed by atoms with Crippen molar-refractivity contribution in [1.82, 2.24) is 0 Å². The van der Waals surface area contributed by atoms with Crippen molar-refractivity contribution >= 4 is 29.3 Å². The lowest BCUT2D eigenvalue weighted by Crippen LogP contribution is -2.38. The molecule has 0 spiro atoms. The van der Waals surface area contributed by atoms with Gasteiger partial charge in [0.05, 0.1) is 5.41 Å². The first kappa shape index (κ1) is 14.9. The van der Waals surface area contributed by atoms with Gasteiger partial charge in [-0.15, -0.1) is 0 Å². The van der Waals surface area contributed by atoms with Crippen LogP contribution in [0, 0.1) is 11.3 Å². The van der Waals surface area contributed by atoms with E-state index in [1.54, 1.807) is 23.5 Å². The van der Waals surface area contributed by atoms with E-state index < -0.39 is 0 Å². The molecule has 1 unspecified atom stereocenters. The predicted octanol–water partition coefficient (Wildman–Crippen LogP) is 3.81. The minimum Gasteiger partial charge on any atom is -0.293 e. The number of rotatable bonds is 6. The molecule has 0 aromatic carbocycles. The quantitative estimate of drug-likeness (QED) is 0.730. The molecule has 1 aliphatic rings. The third-order valence-electron chi connectivity index (χ3n) is 3.35. The number of thioether (sulfide) groups is 2. The van der Waals surface area contributed by atoms with Gasteiger partial charge in [-0.05, 0) is 30.4 Å². The van der Waals surface area contributed by atoms with Crippen molar-refractivity contribution in [2.75, 3.05) is 24.0 Å². The van der Waals surface area contributed by atoms with Gasteiger partial charge < -0.3 is 0 Å². The Labute approximate surface area is 114 Å². The van der Waals surface area contributed by atoms with E-state index in [4.69, 9.17) is 0 Å². The molecule has 0 amide bonds. The van der Waals surface area contributed by atoms with Crippen LogP contribution in [0.1, 0.15) is 20.3 Å². The van der Waals surface area contributed by atoms with Crippen LogP contribution in [-0.4, -0.2) is 29.8 Å². The molecule has 3 heteroatoms. The number of allylic oxidation sites excluding steroid dienone is 4. The lowest BCUT2D eigenvalue weighted by atomic mass is 9.76. The van der Waals surface area contributed by atoms with E-state index in [9.17, 15) is 4.79 Å². The predicted molar refractivity (Wildman–Crippen MR) is 80.9 cm³/mol. The van der Waals surface area contributed by atoms with Crippen molar-refractivity contribution in [2.24, 2.45) is 11.3 Å². The van der Waals surface area contributed by atoms with Gasteiger partial charge in [-0.2, -0.15) is 23.5 Å². The van der Waals surface area contributed by atoms with Crippen LogP contribution in [0.15, 0.2) is 23.8 Å². The zero-order valence-electron chi connectivity index (χ0n) is 11.2. The number of hydrogen-bond donors (Lipinski definition) is 0. The summed E-state index contributed by atoms with van der Waals surface area (Å²) in [6, 6.07) is 0. The zero-order chi connectivity index (χ0) is 12.9. The molecule has 0 bridgehead atoms. The molecule has 1 aliphatic carbocycles. The summed E-state index contributed by atoms with van der Waals surface area (Å²) in [6.45, 7) is 4.29. The SMILES string of the molecule is CCC(C)C1=CC=CC(CSC)(CSC)C1=O. The van der Waals surface area contributed by atoms with Gasteiger partial charge in [-0.1, -0.05) is 32.1 Å². The van der Waals surface area contributed by atoms with Crippen LogP contribution in [0.4, 0.5) is 0 Å². The third-order valence-corrected chi connectivity index (χ3v) is 4.96. The Hall–Kier alpha value is -0.150. The standard InChI is InChI=1S/C14H22OS2/c1-5-11(2)12-7-6-8-14(9-16-3,10-17-4)13(12)15/h6-8,11H,5,9-10H2,1-4H3. The summed E-state index contributed by atoms with van der Waals surface area (Å²) in [5.74, 6) is 2.49. The van der Waals surface area contributed by atoms with E-state index in [0.717, 1.165) is 23.5 Å². The second-order valence-electron chi connectivity index (χ2n) is 4.64. The van der Waals surface area contributed by atoms with Crippen LogP contribution in [-0.2, 0) is 4.79 Å². The van der Waals surface area contributed by atoms with Crippen molar-refractivity contribution in [2.45, 2.75) is 20.3 Å². The van der Waals surface area contributed by atoms with Crippen molar-refractivity contribution < 1.29 is 4.79 Å². The Bertz CT molecular complexity index is 325. The molecular formula is C14H22OS2. The van der Waals surface area contributed by atoms with Crippen LogP contribution in [0.2, 0.25) is 0 Å². The Kier molecular flexibility index (Phi) is 5.87. The van der Waals surface area contributed by atoms with E-state index >= 15 is 0 Å². The van der Waals surface area contributed by atoms with Crippen molar-refractivity contribution in [3.05, 3.63) is 23.8 Å². The minimum absolute atomic E-state index is 0.271. The summed E-state index contributed by atoms with van der Waals surface area (Å²) in [5, 5.41) is 0. The summed E-state index contributed by atoms with van der Waals surface area (Å²) >= 11 is 3.52. The van der Waals surface area contributed by atoms with Crippen molar-refractivity contribution in [3.63, 3.8) is 0 Å². The maximum Gasteiger partial charge on any atom is 0.170 e. The fourth-order valence-corrected chi connectivity index (χ4v) is 3.99. The van der Waals surface area contributed by atoms with E-state index in [2.05, 4.69) is 38.5 Å². The molecule has 1 rings (SSSR count). The molecule has 96 valence electrons. The topological polar surface area (TPSA) is 17.1 Å². The second-order valence-corrected chi connectivity index (χ2v) is 6.37. The minimum atomic E-state index is -0.271. The third kappa shape index (κ3) is 3.19. The monoisotopic (exact) mass is 270 g/mol. The summed E-state index contributed by atoms with van der Waals surface area (Å²) in [6.07, 6.45) is 11.4. The van der Waals surface area contributed by atoms with Crippen LogP contribution in [0.5, 0.6) is 0 Å². The lowest BCUT2D eigenvalue weighted by Gasteiger charge is -2.32. The largest absolute Gasteiger partial charge is 0.293 e. The number of hydrogen-bond acceptors (Lipinski definition) is 3. The maximum atomic E-state index is 12.7. The lowest BCUT2D eigenvalue weighted by molar-refractivity contribution is -0.121. The molecule has 1 atom stereocenters. The highest BCUT2D eigenvalue weighted by atomic mass is 32.2. The van der Waals surface area contributed by atoms with E-state index in [-0.39, 0.29) is 5.41 Å². The van der Waals surface area contributed by atoms with Crippen LogP contribution in [0.25, 0.3) is 0 Å². The molecule has 17 heavy (non-hydrogen) atoms. The van der Waals surface area contributed by atoms with Gasteiger partial charge in [0.25, 0.3) is 0 Å². The van der Waals surface area contributed by atoms with Gasteiger partial charge in [-0.25, -0.2) is 0 Å². The Morgan fingerprint density at radius 3 is 2.35 bits per heavy atom. The van der Waals surface area contributed by atoms with E-state index in [0.29, 0.717) is 11.7 Å². The van der Waals surface area contributed by atoms with Gasteiger partial charge in [0.1, 0.15) is 0 Å². The van der Waals surface area contributed by atoms with Gasteiger partial charge in [0.15, 0.2) is 5.78 Å². The smallest absolute Gasteiger partial charge is 0.170 e. The first-order valence-electron chi connectivity index (χ1n) is 6.03. The Morgan fingerprint density at radius 1 is 1.29 bits per heavy atom. The molecule has 0 aliphatic heterocycles. The number of ketones is 1. The van der Waals surface area contributed by atoms with Gasteiger partial charge in [0.2, 0.25) is 0 Å². The fraction of sp³-hybridized carbons (Fsp3) is 0.643. The molecule has 0 heterocycles. The first-order valence-corrected chi connectivity index (χ1v) is 8.82. The molecule has 0 saturated heterocycles. The highest BCUT2D eigenvalue weighted by Crippen LogP contribution is 2.36. The molecular weight excluding hydrogens is 248 g/mol. The van der Waals surface area contributed by atoms with Crippen LogP contribution >= 0.6 is 23.5 Å². The normalized spacial score (nSPS) is 20.2. The molecule has 0 aromatic rings. The number of Topliss-reactive ketones (excluding diaryl/α,β-unsaturated/α-hetero) is 1. The van der Waals surface area contributed by atoms with E-state index in [1.165, 1.54) is 0 Å². The fourth-order valence-electron chi connectivity index (χ4n) is 2.17. The zero-order valence-corrected chi connectivity index (χ0v) is 12.8. The van der Waals surface area contributed by atoms with Gasteiger partial charge in [-0.3, -0.25) is 4.79 Å². The second kappa shape index (κ2) is 6.69. The molecule has 0 N–H and O–H groups in total. The molecule has 0 radical (unpaired) electrons. The summed E-state index contributed by atoms with van der Waals surface area (Å²) in [5.41, 5.74) is 0.741. The average Bonchev–Trinajstić information content (AvgIpc) is 2.32. The summed E-state index contributed by atoms with van der Waals surface area (Å²) in [7, 11) is 0. The highest BCUT2D eigenvalue weighted by molar-refractivity contribution is 7.99. The molecule has 1 nitrogen and oxygen atoms in total.